The SMILES string of the molecule is O=C(CCc1ccc(F)cc1)c1ccnc(N2CCN(Cc3ccncc3)C2=O)c1. The van der Waals surface area contributed by atoms with Crippen LogP contribution in [0, 0.1) is 5.82 Å². The summed E-state index contributed by atoms with van der Waals surface area (Å²) in [7, 11) is 0. The third kappa shape index (κ3) is 4.51. The molecule has 3 heterocycles. The summed E-state index contributed by atoms with van der Waals surface area (Å²) < 4.78 is 13.0. The van der Waals surface area contributed by atoms with Crippen molar-refractivity contribution in [1.82, 2.24) is 14.9 Å². The number of rotatable bonds is 7. The Balaban J connectivity index is 1.40. The maximum Gasteiger partial charge on any atom is 0.326 e. The van der Waals surface area contributed by atoms with Crippen molar-refractivity contribution in [2.75, 3.05) is 18.0 Å². The second-order valence-corrected chi connectivity index (χ2v) is 7.16. The number of carbonyl (C=O) groups is 2. The first-order valence-corrected chi connectivity index (χ1v) is 9.79. The van der Waals surface area contributed by atoms with Crippen LogP contribution in [0.1, 0.15) is 27.9 Å². The van der Waals surface area contributed by atoms with Gasteiger partial charge < -0.3 is 4.90 Å². The van der Waals surface area contributed by atoms with Crippen LogP contribution in [0.25, 0.3) is 0 Å². The van der Waals surface area contributed by atoms with Crippen LogP contribution in [-0.4, -0.2) is 39.8 Å². The molecule has 2 amide bonds. The lowest BCUT2D eigenvalue weighted by atomic mass is 10.0. The van der Waals surface area contributed by atoms with E-state index in [4.69, 9.17) is 0 Å². The van der Waals surface area contributed by atoms with Crippen molar-refractivity contribution >= 4 is 17.6 Å². The predicted molar refractivity (Wildman–Crippen MR) is 111 cm³/mol. The Kier molecular flexibility index (Phi) is 5.79. The number of hydrogen-bond donors (Lipinski definition) is 0. The number of aryl methyl sites for hydroxylation is 1. The highest BCUT2D eigenvalue weighted by atomic mass is 19.1. The Hall–Kier alpha value is -3.61. The van der Waals surface area contributed by atoms with Gasteiger partial charge in [0.25, 0.3) is 0 Å². The zero-order chi connectivity index (χ0) is 20.9. The molecule has 0 radical (unpaired) electrons. The Morgan fingerprint density at radius 1 is 0.967 bits per heavy atom. The molecule has 30 heavy (non-hydrogen) atoms. The summed E-state index contributed by atoms with van der Waals surface area (Å²) in [6, 6.07) is 13.1. The van der Waals surface area contributed by atoms with Crippen LogP contribution < -0.4 is 4.90 Å². The van der Waals surface area contributed by atoms with E-state index in [9.17, 15) is 14.0 Å². The third-order valence-corrected chi connectivity index (χ3v) is 5.12. The summed E-state index contributed by atoms with van der Waals surface area (Å²) in [6.07, 6.45) is 5.79. The lowest BCUT2D eigenvalue weighted by Gasteiger charge is -2.18. The van der Waals surface area contributed by atoms with Gasteiger partial charge in [0.1, 0.15) is 11.6 Å². The molecule has 0 bridgehead atoms. The van der Waals surface area contributed by atoms with Gasteiger partial charge in [-0.15, -0.1) is 0 Å². The number of anilines is 1. The van der Waals surface area contributed by atoms with Gasteiger partial charge in [0.2, 0.25) is 0 Å². The van der Waals surface area contributed by atoms with Gasteiger partial charge in [-0.25, -0.2) is 14.2 Å². The molecule has 0 unspecified atom stereocenters. The Bertz CT molecular complexity index is 1040. The van der Waals surface area contributed by atoms with Crippen LogP contribution >= 0.6 is 0 Å². The number of halogens is 1. The molecular formula is C23H21FN4O2. The van der Waals surface area contributed by atoms with Gasteiger partial charge in [0.15, 0.2) is 5.78 Å². The standard InChI is InChI=1S/C23H21FN4O2/c24-20-4-1-17(2-5-20)3-6-21(29)19-9-12-26-22(15-19)28-14-13-27(23(28)30)16-18-7-10-25-11-8-18/h1-2,4-5,7-12,15H,3,6,13-14,16H2. The minimum Gasteiger partial charge on any atom is -0.318 e. The molecule has 7 heteroatoms. The quantitative estimate of drug-likeness (QED) is 0.561. The number of nitrogens with zero attached hydrogens (tertiary/aromatic N) is 4. The summed E-state index contributed by atoms with van der Waals surface area (Å²) in [5, 5.41) is 0. The topological polar surface area (TPSA) is 66.4 Å². The van der Waals surface area contributed by atoms with E-state index in [1.807, 2.05) is 12.1 Å². The van der Waals surface area contributed by atoms with E-state index in [0.29, 0.717) is 43.9 Å². The molecule has 0 aliphatic carbocycles. The number of hydrogen-bond acceptors (Lipinski definition) is 4. The van der Waals surface area contributed by atoms with Gasteiger partial charge in [-0.05, 0) is 53.9 Å². The number of benzene rings is 1. The van der Waals surface area contributed by atoms with E-state index in [2.05, 4.69) is 9.97 Å². The molecule has 2 aromatic heterocycles. The molecular weight excluding hydrogens is 383 g/mol. The molecule has 1 saturated heterocycles. The van der Waals surface area contributed by atoms with E-state index in [0.717, 1.165) is 11.1 Å². The maximum atomic E-state index is 13.0. The van der Waals surface area contributed by atoms with E-state index in [1.165, 1.54) is 12.1 Å². The highest BCUT2D eigenvalue weighted by Crippen LogP contribution is 2.21. The van der Waals surface area contributed by atoms with Crippen LogP contribution in [-0.2, 0) is 13.0 Å². The smallest absolute Gasteiger partial charge is 0.318 e. The molecule has 4 rings (SSSR count). The molecule has 0 N–H and O–H groups in total. The molecule has 1 fully saturated rings. The average Bonchev–Trinajstić information content (AvgIpc) is 3.14. The largest absolute Gasteiger partial charge is 0.326 e. The molecule has 6 nitrogen and oxygen atoms in total. The molecule has 3 aromatic rings. The average molecular weight is 404 g/mol. The first-order chi connectivity index (χ1) is 14.6. The van der Waals surface area contributed by atoms with Crippen LogP contribution in [0.3, 0.4) is 0 Å². The normalized spacial score (nSPS) is 13.7. The van der Waals surface area contributed by atoms with Gasteiger partial charge >= 0.3 is 6.03 Å². The first-order valence-electron chi connectivity index (χ1n) is 9.79. The third-order valence-electron chi connectivity index (χ3n) is 5.12. The number of Topliss-reactive ketones (excluding diaryl/α,β-unsaturated/α-hetero) is 1. The van der Waals surface area contributed by atoms with E-state index in [-0.39, 0.29) is 17.6 Å². The number of pyridine rings is 2. The Morgan fingerprint density at radius 3 is 2.50 bits per heavy atom. The van der Waals surface area contributed by atoms with Crippen molar-refractivity contribution in [1.29, 1.82) is 0 Å². The summed E-state index contributed by atoms with van der Waals surface area (Å²) in [6.45, 7) is 1.61. The number of aromatic nitrogens is 2. The second-order valence-electron chi connectivity index (χ2n) is 7.16. The number of carbonyl (C=O) groups excluding carboxylic acids is 2. The minimum atomic E-state index is -0.294. The van der Waals surface area contributed by atoms with Crippen molar-refractivity contribution in [2.45, 2.75) is 19.4 Å². The Morgan fingerprint density at radius 2 is 1.73 bits per heavy atom. The van der Waals surface area contributed by atoms with E-state index < -0.39 is 0 Å². The van der Waals surface area contributed by atoms with Gasteiger partial charge in [-0.1, -0.05) is 12.1 Å². The number of amides is 2. The van der Waals surface area contributed by atoms with Crippen LogP contribution in [0.15, 0.2) is 67.1 Å². The fourth-order valence-corrected chi connectivity index (χ4v) is 3.44. The van der Waals surface area contributed by atoms with Gasteiger partial charge in [-0.3, -0.25) is 14.7 Å². The van der Waals surface area contributed by atoms with Crippen molar-refractivity contribution in [3.8, 4) is 0 Å². The Labute approximate surface area is 174 Å². The molecule has 0 atom stereocenters. The van der Waals surface area contributed by atoms with Crippen LogP contribution in [0.4, 0.5) is 15.0 Å². The highest BCUT2D eigenvalue weighted by Gasteiger charge is 2.30. The van der Waals surface area contributed by atoms with Crippen molar-refractivity contribution < 1.29 is 14.0 Å². The lowest BCUT2D eigenvalue weighted by Crippen LogP contribution is -2.32. The maximum absolute atomic E-state index is 13.0. The zero-order valence-corrected chi connectivity index (χ0v) is 16.4. The van der Waals surface area contributed by atoms with Gasteiger partial charge in [-0.2, -0.15) is 0 Å². The van der Waals surface area contributed by atoms with Crippen LogP contribution in [0.2, 0.25) is 0 Å². The molecule has 1 aliphatic rings. The summed E-state index contributed by atoms with van der Waals surface area (Å²) in [5.74, 6) is 0.144. The number of ketones is 1. The first kappa shape index (κ1) is 19.7. The molecule has 0 saturated carbocycles. The van der Waals surface area contributed by atoms with E-state index >= 15 is 0 Å². The van der Waals surface area contributed by atoms with E-state index in [1.54, 1.807) is 52.7 Å². The zero-order valence-electron chi connectivity index (χ0n) is 16.4. The van der Waals surface area contributed by atoms with Crippen molar-refractivity contribution in [3.05, 3.63) is 89.6 Å². The van der Waals surface area contributed by atoms with Crippen molar-refractivity contribution in [2.24, 2.45) is 0 Å². The second kappa shape index (κ2) is 8.82. The number of urea groups is 1. The molecule has 0 spiro atoms. The van der Waals surface area contributed by atoms with Crippen molar-refractivity contribution in [3.63, 3.8) is 0 Å². The lowest BCUT2D eigenvalue weighted by molar-refractivity contribution is 0.0982. The molecule has 1 aromatic carbocycles. The van der Waals surface area contributed by atoms with Gasteiger partial charge in [0.05, 0.1) is 0 Å². The highest BCUT2D eigenvalue weighted by molar-refractivity contribution is 5.98. The summed E-state index contributed by atoms with van der Waals surface area (Å²) in [5.41, 5.74) is 2.43. The summed E-state index contributed by atoms with van der Waals surface area (Å²) >= 11 is 0. The molecule has 152 valence electrons. The monoisotopic (exact) mass is 404 g/mol. The fourth-order valence-electron chi connectivity index (χ4n) is 3.44. The minimum absolute atomic E-state index is 0.0386. The van der Waals surface area contributed by atoms with Crippen LogP contribution in [0.5, 0.6) is 0 Å². The molecule has 1 aliphatic heterocycles. The predicted octanol–water partition coefficient (Wildman–Crippen LogP) is 3.87. The summed E-state index contributed by atoms with van der Waals surface area (Å²) in [4.78, 5) is 37.1. The van der Waals surface area contributed by atoms with Gasteiger partial charge in [0, 0.05) is 50.2 Å². The fraction of sp³-hybridized carbons (Fsp3) is 0.217.